The van der Waals surface area contributed by atoms with Gasteiger partial charge < -0.3 is 10.4 Å². The molecule has 0 unspecified atom stereocenters. The quantitative estimate of drug-likeness (QED) is 0.465. The minimum absolute atomic E-state index is 0.334. The molecule has 0 aromatic rings. The van der Waals surface area contributed by atoms with E-state index in [-0.39, 0.29) is 0 Å². The average molecular weight is 141 g/mol. The van der Waals surface area contributed by atoms with Gasteiger partial charge in [-0.1, -0.05) is 6.92 Å². The largest absolute Gasteiger partial charge is 0.513 e. The maximum atomic E-state index is 8.78. The Balaban J connectivity index is 3.99. The Morgan fingerprint density at radius 1 is 1.50 bits per heavy atom. The monoisotopic (exact) mass is 141 g/mol. The third-order valence-electron chi connectivity index (χ3n) is 1.23. The van der Waals surface area contributed by atoms with Crippen LogP contribution in [0.4, 0.5) is 0 Å². The Bertz CT molecular complexity index is 137. The van der Waals surface area contributed by atoms with Crippen molar-refractivity contribution >= 4 is 0 Å². The van der Waals surface area contributed by atoms with Gasteiger partial charge in [0.2, 0.25) is 0 Å². The van der Waals surface area contributed by atoms with Gasteiger partial charge in [0, 0.05) is 12.7 Å². The van der Waals surface area contributed by atoms with Crippen molar-refractivity contribution in [2.75, 3.05) is 7.05 Å². The number of nitrogens with one attached hydrogen (secondary N) is 1. The first-order chi connectivity index (χ1) is 4.70. The molecule has 0 bridgehead atoms. The van der Waals surface area contributed by atoms with Gasteiger partial charge in [-0.05, 0) is 25.5 Å². The molecule has 0 aliphatic carbocycles. The van der Waals surface area contributed by atoms with Crippen LogP contribution in [0.2, 0.25) is 0 Å². The molecule has 0 rings (SSSR count). The van der Waals surface area contributed by atoms with Crippen LogP contribution in [0.25, 0.3) is 0 Å². The van der Waals surface area contributed by atoms with Gasteiger partial charge in [0.05, 0.1) is 5.76 Å². The highest BCUT2D eigenvalue weighted by Gasteiger charge is 1.84. The Morgan fingerprint density at radius 2 is 2.10 bits per heavy atom. The van der Waals surface area contributed by atoms with Crippen LogP contribution in [0.5, 0.6) is 0 Å². The molecule has 2 N–H and O–H groups in total. The van der Waals surface area contributed by atoms with Crippen molar-refractivity contribution in [1.29, 1.82) is 0 Å². The topological polar surface area (TPSA) is 32.3 Å². The van der Waals surface area contributed by atoms with E-state index in [4.69, 9.17) is 5.11 Å². The fourth-order valence-corrected chi connectivity index (χ4v) is 0.599. The number of hydrogen-bond donors (Lipinski definition) is 2. The van der Waals surface area contributed by atoms with Crippen LogP contribution in [-0.2, 0) is 0 Å². The first-order valence-electron chi connectivity index (χ1n) is 3.44. The molecule has 0 aliphatic rings. The molecule has 0 aliphatic heterocycles. The highest BCUT2D eigenvalue weighted by Crippen LogP contribution is 1.95. The molecule has 2 nitrogen and oxygen atoms in total. The van der Waals surface area contributed by atoms with E-state index >= 15 is 0 Å². The summed E-state index contributed by atoms with van der Waals surface area (Å²) in [6.45, 7) is 3.71. The lowest BCUT2D eigenvalue weighted by molar-refractivity contribution is 0.414. The van der Waals surface area contributed by atoms with Gasteiger partial charge in [0.1, 0.15) is 0 Å². The minimum Gasteiger partial charge on any atom is -0.513 e. The van der Waals surface area contributed by atoms with Gasteiger partial charge in [0.25, 0.3) is 0 Å². The fraction of sp³-hybridized carbons (Fsp3) is 0.500. The van der Waals surface area contributed by atoms with Crippen molar-refractivity contribution in [2.24, 2.45) is 0 Å². The predicted molar refractivity (Wildman–Crippen MR) is 43.8 cm³/mol. The number of allylic oxidation sites excluding steroid dienone is 4. The number of hydrogen-bond acceptors (Lipinski definition) is 2. The summed E-state index contributed by atoms with van der Waals surface area (Å²) in [6.07, 6.45) is 4.50. The number of aliphatic hydroxyl groups excluding tert-OH is 1. The third-order valence-corrected chi connectivity index (χ3v) is 1.23. The Hall–Kier alpha value is -0.920. The van der Waals surface area contributed by atoms with E-state index in [0.717, 1.165) is 12.1 Å². The van der Waals surface area contributed by atoms with Crippen molar-refractivity contribution in [1.82, 2.24) is 5.32 Å². The zero-order valence-electron chi connectivity index (χ0n) is 6.81. The van der Waals surface area contributed by atoms with Gasteiger partial charge >= 0.3 is 0 Å². The SMILES string of the molecule is CCC(=C/C=C(\C)O)NC. The van der Waals surface area contributed by atoms with Crippen LogP contribution in [0.1, 0.15) is 20.3 Å². The number of rotatable bonds is 3. The highest BCUT2D eigenvalue weighted by molar-refractivity contribution is 5.11. The van der Waals surface area contributed by atoms with E-state index in [1.54, 1.807) is 13.0 Å². The second-order valence-corrected chi connectivity index (χ2v) is 2.10. The van der Waals surface area contributed by atoms with E-state index in [1.165, 1.54) is 0 Å². The van der Waals surface area contributed by atoms with Crippen LogP contribution in [-0.4, -0.2) is 12.2 Å². The fourth-order valence-electron chi connectivity index (χ4n) is 0.599. The van der Waals surface area contributed by atoms with Crippen LogP contribution >= 0.6 is 0 Å². The molecule has 0 saturated heterocycles. The average Bonchev–Trinajstić information content (AvgIpc) is 1.90. The zero-order chi connectivity index (χ0) is 7.98. The van der Waals surface area contributed by atoms with E-state index in [0.29, 0.717) is 5.76 Å². The van der Waals surface area contributed by atoms with Gasteiger partial charge in [-0.25, -0.2) is 0 Å². The van der Waals surface area contributed by atoms with E-state index in [2.05, 4.69) is 12.2 Å². The molecule has 0 amide bonds. The van der Waals surface area contributed by atoms with E-state index < -0.39 is 0 Å². The summed E-state index contributed by atoms with van der Waals surface area (Å²) in [6, 6.07) is 0. The lowest BCUT2D eigenvalue weighted by Crippen LogP contribution is -2.03. The smallest absolute Gasteiger partial charge is 0.0892 e. The van der Waals surface area contributed by atoms with Crippen LogP contribution in [0.15, 0.2) is 23.6 Å². The van der Waals surface area contributed by atoms with Crippen molar-refractivity contribution in [2.45, 2.75) is 20.3 Å². The van der Waals surface area contributed by atoms with Crippen molar-refractivity contribution in [3.05, 3.63) is 23.6 Å². The molecule has 0 saturated carbocycles. The van der Waals surface area contributed by atoms with Gasteiger partial charge in [-0.2, -0.15) is 0 Å². The first-order valence-corrected chi connectivity index (χ1v) is 3.44. The van der Waals surface area contributed by atoms with Gasteiger partial charge in [-0.15, -0.1) is 0 Å². The highest BCUT2D eigenvalue weighted by atomic mass is 16.3. The molecule has 58 valence electrons. The first kappa shape index (κ1) is 9.08. The number of aliphatic hydroxyl groups is 1. The second kappa shape index (κ2) is 4.91. The zero-order valence-corrected chi connectivity index (χ0v) is 6.81. The maximum absolute atomic E-state index is 8.78. The lowest BCUT2D eigenvalue weighted by Gasteiger charge is -1.99. The Labute approximate surface area is 62.3 Å². The van der Waals surface area contributed by atoms with Gasteiger partial charge in [0.15, 0.2) is 0 Å². The summed E-state index contributed by atoms with van der Waals surface area (Å²) in [4.78, 5) is 0. The summed E-state index contributed by atoms with van der Waals surface area (Å²) in [5, 5.41) is 11.8. The molecule has 0 radical (unpaired) electrons. The van der Waals surface area contributed by atoms with Crippen molar-refractivity contribution in [3.8, 4) is 0 Å². The Morgan fingerprint density at radius 3 is 2.40 bits per heavy atom. The Kier molecular flexibility index (Phi) is 4.46. The molecule has 0 atom stereocenters. The molecule has 10 heavy (non-hydrogen) atoms. The molecular weight excluding hydrogens is 126 g/mol. The maximum Gasteiger partial charge on any atom is 0.0892 e. The van der Waals surface area contributed by atoms with Crippen LogP contribution < -0.4 is 5.32 Å². The molecule has 0 fully saturated rings. The van der Waals surface area contributed by atoms with Gasteiger partial charge in [-0.3, -0.25) is 0 Å². The summed E-state index contributed by atoms with van der Waals surface area (Å²) in [7, 11) is 1.87. The van der Waals surface area contributed by atoms with E-state index in [9.17, 15) is 0 Å². The predicted octanol–water partition coefficient (Wildman–Crippen LogP) is 1.96. The standard InChI is InChI=1S/C8H15NO/c1-4-8(9-3)6-5-7(2)10/h5-6,9-10H,4H2,1-3H3/b7-5+,8-6?. The summed E-state index contributed by atoms with van der Waals surface area (Å²) < 4.78 is 0. The molecule has 0 aromatic heterocycles. The molecule has 0 heterocycles. The lowest BCUT2D eigenvalue weighted by atomic mass is 10.3. The molecular formula is C8H15NO. The second-order valence-electron chi connectivity index (χ2n) is 2.10. The van der Waals surface area contributed by atoms with Crippen LogP contribution in [0, 0.1) is 0 Å². The third kappa shape index (κ3) is 4.01. The van der Waals surface area contributed by atoms with Crippen LogP contribution in [0.3, 0.4) is 0 Å². The van der Waals surface area contributed by atoms with E-state index in [1.807, 2.05) is 13.1 Å². The minimum atomic E-state index is 0.334. The summed E-state index contributed by atoms with van der Waals surface area (Å²) >= 11 is 0. The summed E-state index contributed by atoms with van der Waals surface area (Å²) in [5.74, 6) is 0.334. The van der Waals surface area contributed by atoms with Crippen molar-refractivity contribution in [3.63, 3.8) is 0 Å². The van der Waals surface area contributed by atoms with Crippen molar-refractivity contribution < 1.29 is 5.11 Å². The molecule has 0 aromatic carbocycles. The molecule has 0 spiro atoms. The summed E-state index contributed by atoms with van der Waals surface area (Å²) in [5.41, 5.74) is 1.12. The molecule has 2 heteroatoms. The normalized spacial score (nSPS) is 13.5.